The van der Waals surface area contributed by atoms with E-state index in [0.717, 1.165) is 32.1 Å². The molecule has 0 bridgehead atoms. The van der Waals surface area contributed by atoms with Gasteiger partial charge in [0.1, 0.15) is 36.3 Å². The molecule has 0 spiro atoms. The minimum Gasteiger partial charge on any atom is -0.370 e. The summed E-state index contributed by atoms with van der Waals surface area (Å²) in [5.41, 5.74) is 6.09. The van der Waals surface area contributed by atoms with Gasteiger partial charge in [-0.3, -0.25) is 38.4 Å². The maximum Gasteiger partial charge on any atom is 0.246 e. The molecule has 332 valence electrons. The van der Waals surface area contributed by atoms with E-state index in [0.29, 0.717) is 17.7 Å². The first-order chi connectivity index (χ1) is 28.6. The molecule has 4 rings (SSSR count). The molecule has 1 unspecified atom stereocenters. The first-order valence-corrected chi connectivity index (χ1v) is 22.9. The highest BCUT2D eigenvalue weighted by Gasteiger charge is 2.45. The number of hydrogen-bond donors (Lipinski definition) is 6. The van der Waals surface area contributed by atoms with Gasteiger partial charge in [-0.05, 0) is 74.4 Å². The van der Waals surface area contributed by atoms with E-state index >= 15 is 9.59 Å². The normalized spacial score (nSPS) is 24.8. The highest BCUT2D eigenvalue weighted by Crippen LogP contribution is 2.26. The van der Waals surface area contributed by atoms with Crippen molar-refractivity contribution in [3.8, 4) is 0 Å². The molecule has 1 aromatic rings. The van der Waals surface area contributed by atoms with Crippen LogP contribution in [0, 0.1) is 11.8 Å². The smallest absolute Gasteiger partial charge is 0.246 e. The fourth-order valence-corrected chi connectivity index (χ4v) is 8.89. The summed E-state index contributed by atoms with van der Waals surface area (Å²) in [6.07, 6.45) is 7.08. The Morgan fingerprint density at radius 2 is 1.50 bits per heavy atom. The van der Waals surface area contributed by atoms with Crippen molar-refractivity contribution in [1.82, 2.24) is 36.4 Å². The number of thioether (sulfide) groups is 1. The van der Waals surface area contributed by atoms with Crippen LogP contribution in [0.15, 0.2) is 30.3 Å². The van der Waals surface area contributed by atoms with Crippen LogP contribution in [0.5, 0.6) is 0 Å². The zero-order valence-corrected chi connectivity index (χ0v) is 36.7. The minimum absolute atomic E-state index is 0.0123. The minimum atomic E-state index is -1.32. The van der Waals surface area contributed by atoms with Gasteiger partial charge < -0.3 is 42.1 Å². The Kier molecular flexibility index (Phi) is 18.7. The second kappa shape index (κ2) is 23.4. The van der Waals surface area contributed by atoms with Gasteiger partial charge >= 0.3 is 0 Å². The Morgan fingerprint density at radius 3 is 2.13 bits per heavy atom. The summed E-state index contributed by atoms with van der Waals surface area (Å²) < 4.78 is 0. The standard InChI is InChI=1S/C43H66N8O8S/c1-26(2)23-32-42(58)50-21-12-17-33(50)39(55)48-30(18-19-35(44)52)38(54)45-25-36(53)47-31(20-22-60-5)43(59)51(34(40(56)49-32)24-28-13-8-6-9-14-28)37(27(3)4)41(57)46-29-15-10-7-11-16-29/h6,8-9,13-14,26-27,29-34,37H,7,10-12,15-25H2,1-5H3,(H2,44,52)(H,45,54)(H,46,57)(H,47,53)(H,48,55)(H,49,56)/t30-,31-,32-,33-,34-,37?/m0/s1. The first kappa shape index (κ1) is 48.0. The molecule has 1 aromatic carbocycles. The lowest BCUT2D eigenvalue weighted by Gasteiger charge is -2.42. The largest absolute Gasteiger partial charge is 0.370 e. The highest BCUT2D eigenvalue weighted by atomic mass is 32.2. The molecular formula is C43H66N8O8S. The lowest BCUT2D eigenvalue weighted by Crippen LogP contribution is -2.66. The maximum absolute atomic E-state index is 15.3. The average Bonchev–Trinajstić information content (AvgIpc) is 3.71. The van der Waals surface area contributed by atoms with Gasteiger partial charge in [-0.2, -0.15) is 11.8 Å². The second-order valence-corrected chi connectivity index (χ2v) is 18.0. The Bertz CT molecular complexity index is 1670. The number of nitrogens with two attached hydrogens (primary N) is 1. The number of primary amides is 1. The van der Waals surface area contributed by atoms with Crippen molar-refractivity contribution in [3.63, 3.8) is 0 Å². The number of rotatable bonds is 14. The van der Waals surface area contributed by atoms with Crippen molar-refractivity contribution in [1.29, 1.82) is 0 Å². The molecule has 8 amide bonds. The van der Waals surface area contributed by atoms with E-state index in [2.05, 4.69) is 26.6 Å². The summed E-state index contributed by atoms with van der Waals surface area (Å²) in [4.78, 5) is 115. The number of carbonyl (C=O) groups excluding carboxylic acids is 8. The summed E-state index contributed by atoms with van der Waals surface area (Å²) in [7, 11) is 0. The van der Waals surface area contributed by atoms with Crippen LogP contribution < -0.4 is 32.3 Å². The van der Waals surface area contributed by atoms with E-state index in [1.165, 1.54) is 21.6 Å². The second-order valence-electron chi connectivity index (χ2n) is 17.0. The van der Waals surface area contributed by atoms with Crippen molar-refractivity contribution in [3.05, 3.63) is 35.9 Å². The SMILES string of the molecule is CSCC[C@@H]1NC(=O)CNC(=O)[C@H](CCC(N)=O)NC(=O)[C@@H]2CCCN2C(=O)[C@H](CC(C)C)NC(=O)[C@H](Cc2ccccc2)N(C(C(=O)NC2CCCCC2)C(C)C)C1=O. The van der Waals surface area contributed by atoms with Crippen molar-refractivity contribution >= 4 is 59.0 Å². The van der Waals surface area contributed by atoms with Crippen LogP contribution in [0.25, 0.3) is 0 Å². The molecule has 1 saturated carbocycles. The molecule has 0 aromatic heterocycles. The monoisotopic (exact) mass is 854 g/mol. The number of hydrogen-bond acceptors (Lipinski definition) is 9. The summed E-state index contributed by atoms with van der Waals surface area (Å²) in [5.74, 6) is -5.16. The molecule has 60 heavy (non-hydrogen) atoms. The summed E-state index contributed by atoms with van der Waals surface area (Å²) >= 11 is 1.44. The van der Waals surface area contributed by atoms with Gasteiger partial charge in [-0.25, -0.2) is 0 Å². The van der Waals surface area contributed by atoms with Gasteiger partial charge in [0.2, 0.25) is 47.3 Å². The van der Waals surface area contributed by atoms with E-state index in [4.69, 9.17) is 5.73 Å². The van der Waals surface area contributed by atoms with Gasteiger partial charge in [0.05, 0.1) is 6.54 Å². The van der Waals surface area contributed by atoms with Crippen LogP contribution in [-0.4, -0.2) is 124 Å². The number of fused-ring (bicyclic) bond motifs is 1. The average molecular weight is 855 g/mol. The molecule has 17 heteroatoms. The summed E-state index contributed by atoms with van der Waals surface area (Å²) in [6.45, 7) is 7.06. The number of amides is 8. The van der Waals surface area contributed by atoms with Crippen LogP contribution in [0.2, 0.25) is 0 Å². The van der Waals surface area contributed by atoms with Crippen LogP contribution in [0.4, 0.5) is 0 Å². The van der Waals surface area contributed by atoms with E-state index in [1.807, 2.05) is 64.3 Å². The molecular weight excluding hydrogens is 789 g/mol. The first-order valence-electron chi connectivity index (χ1n) is 21.5. The lowest BCUT2D eigenvalue weighted by atomic mass is 9.92. The predicted octanol–water partition coefficient (Wildman–Crippen LogP) is 1.54. The Hall–Kier alpha value is -4.67. The van der Waals surface area contributed by atoms with Crippen LogP contribution >= 0.6 is 11.8 Å². The summed E-state index contributed by atoms with van der Waals surface area (Å²) in [6, 6.07) is 1.93. The van der Waals surface area contributed by atoms with Crippen LogP contribution in [-0.2, 0) is 44.8 Å². The van der Waals surface area contributed by atoms with Crippen molar-refractivity contribution in [2.45, 2.75) is 147 Å². The Balaban J connectivity index is 1.89. The third kappa shape index (κ3) is 13.7. The lowest BCUT2D eigenvalue weighted by molar-refractivity contribution is -0.153. The predicted molar refractivity (Wildman–Crippen MR) is 229 cm³/mol. The van der Waals surface area contributed by atoms with Gasteiger partial charge in [-0.1, -0.05) is 77.3 Å². The molecule has 2 heterocycles. The molecule has 1 aliphatic carbocycles. The fourth-order valence-electron chi connectivity index (χ4n) is 8.42. The number of benzene rings is 1. The van der Waals surface area contributed by atoms with Crippen LogP contribution in [0.3, 0.4) is 0 Å². The molecule has 7 N–H and O–H groups in total. The molecule has 16 nitrogen and oxygen atoms in total. The van der Waals surface area contributed by atoms with Gasteiger partial charge in [0.25, 0.3) is 0 Å². The molecule has 2 saturated heterocycles. The van der Waals surface area contributed by atoms with Crippen molar-refractivity contribution in [2.24, 2.45) is 17.6 Å². The third-order valence-corrected chi connectivity index (χ3v) is 12.1. The quantitative estimate of drug-likeness (QED) is 0.159. The number of nitrogens with one attached hydrogen (secondary N) is 5. The fraction of sp³-hybridized carbons (Fsp3) is 0.674. The van der Waals surface area contributed by atoms with Gasteiger partial charge in [0.15, 0.2) is 0 Å². The molecule has 6 atom stereocenters. The van der Waals surface area contributed by atoms with E-state index < -0.39 is 96.0 Å². The van der Waals surface area contributed by atoms with Crippen molar-refractivity contribution < 1.29 is 38.4 Å². The molecule has 2 aliphatic heterocycles. The van der Waals surface area contributed by atoms with E-state index in [-0.39, 0.29) is 57.0 Å². The van der Waals surface area contributed by atoms with E-state index in [9.17, 15) is 28.8 Å². The number of carbonyl (C=O) groups is 8. The Morgan fingerprint density at radius 1 is 0.817 bits per heavy atom. The van der Waals surface area contributed by atoms with Gasteiger partial charge in [0, 0.05) is 25.4 Å². The zero-order chi connectivity index (χ0) is 43.9. The Labute approximate surface area is 358 Å². The highest BCUT2D eigenvalue weighted by molar-refractivity contribution is 7.98. The number of nitrogens with zero attached hydrogens (tertiary/aromatic N) is 2. The third-order valence-electron chi connectivity index (χ3n) is 11.5. The summed E-state index contributed by atoms with van der Waals surface area (Å²) in [5, 5.41) is 14.1. The van der Waals surface area contributed by atoms with Gasteiger partial charge in [-0.15, -0.1) is 0 Å². The molecule has 0 radical (unpaired) electrons. The van der Waals surface area contributed by atoms with Crippen molar-refractivity contribution in [2.75, 3.05) is 25.1 Å². The zero-order valence-electron chi connectivity index (χ0n) is 35.8. The topological polar surface area (TPSA) is 229 Å². The van der Waals surface area contributed by atoms with E-state index in [1.54, 1.807) is 0 Å². The van der Waals surface area contributed by atoms with Crippen LogP contribution in [0.1, 0.15) is 104 Å². The molecule has 3 fully saturated rings. The molecule has 3 aliphatic rings. The maximum atomic E-state index is 15.3.